The van der Waals surface area contributed by atoms with E-state index in [0.717, 1.165) is 16.8 Å². The van der Waals surface area contributed by atoms with Crippen molar-refractivity contribution in [3.63, 3.8) is 0 Å². The lowest BCUT2D eigenvalue weighted by Gasteiger charge is -2.11. The molecule has 0 unspecified atom stereocenters. The SMILES string of the molecule is COc1cccc(OC)c1C(=O)Nc1nnc(SCC(=O)Nc2cc(C)ccc2C)s1. The number of methoxy groups -OCH3 is 2. The van der Waals surface area contributed by atoms with Gasteiger partial charge in [0.1, 0.15) is 17.1 Å². The minimum absolute atomic E-state index is 0.141. The summed E-state index contributed by atoms with van der Waals surface area (Å²) in [5, 5.41) is 13.9. The second-order valence-corrected chi connectivity index (χ2v) is 8.72. The van der Waals surface area contributed by atoms with Crippen LogP contribution < -0.4 is 20.1 Å². The monoisotopic (exact) mass is 458 g/mol. The van der Waals surface area contributed by atoms with Crippen molar-refractivity contribution < 1.29 is 19.1 Å². The van der Waals surface area contributed by atoms with Gasteiger partial charge in [-0.15, -0.1) is 10.2 Å². The molecule has 2 N–H and O–H groups in total. The number of aryl methyl sites for hydroxylation is 2. The minimum Gasteiger partial charge on any atom is -0.496 e. The quantitative estimate of drug-likeness (QED) is 0.386. The van der Waals surface area contributed by atoms with Crippen molar-refractivity contribution in [3.05, 3.63) is 53.1 Å². The Balaban J connectivity index is 1.60. The molecule has 0 fully saturated rings. The van der Waals surface area contributed by atoms with Gasteiger partial charge in [-0.3, -0.25) is 14.9 Å². The van der Waals surface area contributed by atoms with E-state index >= 15 is 0 Å². The first-order valence-corrected chi connectivity index (χ1v) is 11.1. The summed E-state index contributed by atoms with van der Waals surface area (Å²) in [6.07, 6.45) is 0. The van der Waals surface area contributed by atoms with Gasteiger partial charge in [-0.05, 0) is 43.2 Å². The van der Waals surface area contributed by atoms with Crippen molar-refractivity contribution in [2.24, 2.45) is 0 Å². The van der Waals surface area contributed by atoms with Gasteiger partial charge in [0.05, 0.1) is 20.0 Å². The number of anilines is 2. The molecule has 0 bridgehead atoms. The van der Waals surface area contributed by atoms with Gasteiger partial charge in [0.25, 0.3) is 5.91 Å². The summed E-state index contributed by atoms with van der Waals surface area (Å²) in [6.45, 7) is 3.92. The number of aromatic nitrogens is 2. The lowest BCUT2D eigenvalue weighted by atomic mass is 10.1. The number of rotatable bonds is 8. The first kappa shape index (κ1) is 22.6. The molecule has 8 nitrogen and oxygen atoms in total. The number of nitrogens with one attached hydrogen (secondary N) is 2. The van der Waals surface area contributed by atoms with E-state index in [2.05, 4.69) is 20.8 Å². The molecule has 162 valence electrons. The Morgan fingerprint density at radius 1 is 1.03 bits per heavy atom. The highest BCUT2D eigenvalue weighted by Crippen LogP contribution is 2.31. The van der Waals surface area contributed by atoms with Crippen molar-refractivity contribution in [2.75, 3.05) is 30.6 Å². The minimum atomic E-state index is -0.422. The second-order valence-electron chi connectivity index (χ2n) is 6.52. The Hall–Kier alpha value is -3.11. The van der Waals surface area contributed by atoms with Crippen molar-refractivity contribution in [1.29, 1.82) is 0 Å². The van der Waals surface area contributed by atoms with E-state index < -0.39 is 5.91 Å². The zero-order chi connectivity index (χ0) is 22.4. The van der Waals surface area contributed by atoms with E-state index in [4.69, 9.17) is 9.47 Å². The molecule has 0 radical (unpaired) electrons. The molecular formula is C21H22N4O4S2. The van der Waals surface area contributed by atoms with Crippen LogP contribution in [-0.4, -0.2) is 42.0 Å². The largest absolute Gasteiger partial charge is 0.496 e. The Morgan fingerprint density at radius 3 is 2.42 bits per heavy atom. The van der Waals surface area contributed by atoms with Crippen LogP contribution >= 0.6 is 23.1 Å². The Bertz CT molecular complexity index is 1080. The summed E-state index contributed by atoms with van der Waals surface area (Å²) in [7, 11) is 2.96. The number of ether oxygens (including phenoxy) is 2. The summed E-state index contributed by atoms with van der Waals surface area (Å²) in [4.78, 5) is 25.0. The van der Waals surface area contributed by atoms with Crippen LogP contribution in [0.4, 0.5) is 10.8 Å². The lowest BCUT2D eigenvalue weighted by molar-refractivity contribution is -0.113. The average molecular weight is 459 g/mol. The molecule has 2 amide bonds. The Morgan fingerprint density at radius 2 is 1.74 bits per heavy atom. The predicted octanol–water partition coefficient (Wildman–Crippen LogP) is 4.16. The molecule has 10 heteroatoms. The second kappa shape index (κ2) is 10.3. The molecule has 0 saturated carbocycles. The standard InChI is InChI=1S/C21H22N4O4S2/c1-12-8-9-13(2)14(10-12)22-17(26)11-30-21-25-24-20(31-21)23-19(27)18-15(28-3)6-5-7-16(18)29-4/h5-10H,11H2,1-4H3,(H,22,26)(H,23,24,27). The highest BCUT2D eigenvalue weighted by Gasteiger charge is 2.20. The zero-order valence-electron chi connectivity index (χ0n) is 17.5. The molecule has 2 aromatic carbocycles. The molecule has 0 aliphatic carbocycles. The van der Waals surface area contributed by atoms with Gasteiger partial charge < -0.3 is 14.8 Å². The fourth-order valence-corrected chi connectivity index (χ4v) is 4.28. The maximum Gasteiger partial charge on any atom is 0.265 e. The van der Waals surface area contributed by atoms with Crippen LogP contribution in [0.25, 0.3) is 0 Å². The number of carbonyl (C=O) groups is 2. The maximum absolute atomic E-state index is 12.7. The van der Waals surface area contributed by atoms with E-state index in [9.17, 15) is 9.59 Å². The van der Waals surface area contributed by atoms with E-state index in [0.29, 0.717) is 21.0 Å². The van der Waals surface area contributed by atoms with E-state index in [1.165, 1.54) is 37.3 Å². The van der Waals surface area contributed by atoms with Crippen molar-refractivity contribution in [1.82, 2.24) is 10.2 Å². The van der Waals surface area contributed by atoms with E-state index in [1.807, 2.05) is 32.0 Å². The molecule has 1 aromatic heterocycles. The predicted molar refractivity (Wildman–Crippen MR) is 123 cm³/mol. The number of nitrogens with zero attached hydrogens (tertiary/aromatic N) is 2. The van der Waals surface area contributed by atoms with Crippen LogP contribution in [-0.2, 0) is 4.79 Å². The molecule has 0 aliphatic heterocycles. The number of benzene rings is 2. The maximum atomic E-state index is 12.7. The highest BCUT2D eigenvalue weighted by molar-refractivity contribution is 8.01. The summed E-state index contributed by atoms with van der Waals surface area (Å²) < 4.78 is 11.1. The van der Waals surface area contributed by atoms with Gasteiger partial charge in [0.15, 0.2) is 4.34 Å². The molecule has 1 heterocycles. The smallest absolute Gasteiger partial charge is 0.265 e. The van der Waals surface area contributed by atoms with Crippen LogP contribution in [0.3, 0.4) is 0 Å². The number of thioether (sulfide) groups is 1. The van der Waals surface area contributed by atoms with E-state index in [-0.39, 0.29) is 17.2 Å². The molecular weight excluding hydrogens is 436 g/mol. The first-order chi connectivity index (χ1) is 14.9. The fourth-order valence-electron chi connectivity index (χ4n) is 2.74. The third-order valence-corrected chi connectivity index (χ3v) is 6.25. The van der Waals surface area contributed by atoms with Crippen molar-refractivity contribution in [3.8, 4) is 11.5 Å². The van der Waals surface area contributed by atoms with Gasteiger partial charge in [-0.1, -0.05) is 41.3 Å². The topological polar surface area (TPSA) is 102 Å². The molecule has 31 heavy (non-hydrogen) atoms. The summed E-state index contributed by atoms with van der Waals surface area (Å²) in [5.41, 5.74) is 3.13. The molecule has 0 saturated heterocycles. The number of hydrogen-bond donors (Lipinski definition) is 2. The van der Waals surface area contributed by atoms with Crippen LogP contribution in [0.5, 0.6) is 11.5 Å². The normalized spacial score (nSPS) is 10.5. The van der Waals surface area contributed by atoms with Crippen LogP contribution in [0, 0.1) is 13.8 Å². The average Bonchev–Trinajstić information content (AvgIpc) is 3.21. The van der Waals surface area contributed by atoms with E-state index in [1.54, 1.807) is 18.2 Å². The molecule has 3 rings (SSSR count). The molecule has 0 aliphatic rings. The summed E-state index contributed by atoms with van der Waals surface area (Å²) in [6, 6.07) is 11.0. The number of hydrogen-bond acceptors (Lipinski definition) is 8. The Labute approximate surface area is 188 Å². The zero-order valence-corrected chi connectivity index (χ0v) is 19.1. The Kier molecular flexibility index (Phi) is 7.48. The number of carbonyl (C=O) groups excluding carboxylic acids is 2. The van der Waals surface area contributed by atoms with Gasteiger partial charge in [0.2, 0.25) is 11.0 Å². The molecule has 3 aromatic rings. The van der Waals surface area contributed by atoms with Crippen LogP contribution in [0.1, 0.15) is 21.5 Å². The van der Waals surface area contributed by atoms with Crippen LogP contribution in [0.15, 0.2) is 40.7 Å². The van der Waals surface area contributed by atoms with Gasteiger partial charge in [-0.25, -0.2) is 0 Å². The molecule has 0 atom stereocenters. The number of amides is 2. The summed E-state index contributed by atoms with van der Waals surface area (Å²) >= 11 is 2.43. The first-order valence-electron chi connectivity index (χ1n) is 9.27. The molecule has 0 spiro atoms. The van der Waals surface area contributed by atoms with Gasteiger partial charge >= 0.3 is 0 Å². The summed E-state index contributed by atoms with van der Waals surface area (Å²) in [5.74, 6) is 0.391. The van der Waals surface area contributed by atoms with Gasteiger partial charge in [0, 0.05) is 5.69 Å². The van der Waals surface area contributed by atoms with Crippen molar-refractivity contribution in [2.45, 2.75) is 18.2 Å². The van der Waals surface area contributed by atoms with Gasteiger partial charge in [-0.2, -0.15) is 0 Å². The van der Waals surface area contributed by atoms with Crippen LogP contribution in [0.2, 0.25) is 0 Å². The highest BCUT2D eigenvalue weighted by atomic mass is 32.2. The fraction of sp³-hybridized carbons (Fsp3) is 0.238. The van der Waals surface area contributed by atoms with Crippen molar-refractivity contribution >= 4 is 45.7 Å². The third kappa shape index (κ3) is 5.74. The third-order valence-electron chi connectivity index (χ3n) is 4.28. The lowest BCUT2D eigenvalue weighted by Crippen LogP contribution is -2.14.